The van der Waals surface area contributed by atoms with Crippen LogP contribution >= 0.6 is 11.6 Å². The van der Waals surface area contributed by atoms with E-state index in [1.54, 1.807) is 0 Å². The molecule has 1 amide bonds. The van der Waals surface area contributed by atoms with E-state index >= 15 is 0 Å². The van der Waals surface area contributed by atoms with Crippen LogP contribution in [0.25, 0.3) is 0 Å². The molecule has 1 saturated carbocycles. The number of amides is 1. The van der Waals surface area contributed by atoms with E-state index in [0.717, 1.165) is 37.8 Å². The number of nitrogens with zero attached hydrogens (tertiary/aromatic N) is 1. The van der Waals surface area contributed by atoms with Crippen LogP contribution in [0.2, 0.25) is 5.02 Å². The normalized spacial score (nSPS) is 23.6. The zero-order valence-corrected chi connectivity index (χ0v) is 13.6. The summed E-state index contributed by atoms with van der Waals surface area (Å²) in [6.45, 7) is 2.80. The smallest absolute Gasteiger partial charge is 0.225 e. The largest absolute Gasteiger partial charge is 0.339 e. The lowest BCUT2D eigenvalue weighted by Gasteiger charge is -2.33. The van der Waals surface area contributed by atoms with Crippen molar-refractivity contribution in [2.24, 2.45) is 17.6 Å². The number of hydrogen-bond donors (Lipinski definition) is 1. The molecule has 1 unspecified atom stereocenters. The quantitative estimate of drug-likeness (QED) is 0.923. The highest BCUT2D eigenvalue weighted by Crippen LogP contribution is 2.31. The van der Waals surface area contributed by atoms with Gasteiger partial charge in [-0.1, -0.05) is 23.7 Å². The van der Waals surface area contributed by atoms with Gasteiger partial charge in [0.1, 0.15) is 0 Å². The number of hydrogen-bond acceptors (Lipinski definition) is 2. The Morgan fingerprint density at radius 1 is 1.38 bits per heavy atom. The predicted molar refractivity (Wildman–Crippen MR) is 87.1 cm³/mol. The van der Waals surface area contributed by atoms with Gasteiger partial charge >= 0.3 is 0 Å². The van der Waals surface area contributed by atoms with Gasteiger partial charge in [-0.25, -0.2) is 0 Å². The molecular formula is C17H25ClN2O. The molecular weight excluding hydrogens is 284 g/mol. The molecule has 0 aromatic heterocycles. The van der Waals surface area contributed by atoms with Crippen molar-refractivity contribution < 1.29 is 4.79 Å². The van der Waals surface area contributed by atoms with E-state index in [1.807, 2.05) is 36.2 Å². The second kappa shape index (κ2) is 7.28. The summed E-state index contributed by atoms with van der Waals surface area (Å²) in [5, 5.41) is 0.712. The van der Waals surface area contributed by atoms with Gasteiger partial charge in [-0.05, 0) is 62.8 Å². The van der Waals surface area contributed by atoms with Crippen LogP contribution in [0.5, 0.6) is 0 Å². The summed E-state index contributed by atoms with van der Waals surface area (Å²) in [4.78, 5) is 14.5. The molecule has 3 nitrogen and oxygen atoms in total. The summed E-state index contributed by atoms with van der Waals surface area (Å²) in [5.74, 6) is 1.00. The van der Waals surface area contributed by atoms with E-state index in [9.17, 15) is 4.79 Å². The van der Waals surface area contributed by atoms with Gasteiger partial charge in [-0.15, -0.1) is 0 Å². The van der Waals surface area contributed by atoms with Gasteiger partial charge in [0.05, 0.1) is 6.04 Å². The molecule has 4 heteroatoms. The fourth-order valence-corrected chi connectivity index (χ4v) is 3.31. The fourth-order valence-electron chi connectivity index (χ4n) is 3.11. The van der Waals surface area contributed by atoms with Crippen LogP contribution in [0.15, 0.2) is 24.3 Å². The first-order chi connectivity index (χ1) is 10.0. The van der Waals surface area contributed by atoms with Crippen LogP contribution in [0, 0.1) is 11.8 Å². The Bertz CT molecular complexity index is 483. The molecule has 1 aliphatic rings. The van der Waals surface area contributed by atoms with Gasteiger partial charge in [0.15, 0.2) is 0 Å². The number of nitrogens with two attached hydrogens (primary N) is 1. The van der Waals surface area contributed by atoms with Crippen molar-refractivity contribution in [1.29, 1.82) is 0 Å². The summed E-state index contributed by atoms with van der Waals surface area (Å²) < 4.78 is 0. The van der Waals surface area contributed by atoms with Crippen LogP contribution < -0.4 is 5.73 Å². The van der Waals surface area contributed by atoms with Crippen LogP contribution in [0.4, 0.5) is 0 Å². The first-order valence-corrected chi connectivity index (χ1v) is 8.13. The lowest BCUT2D eigenvalue weighted by molar-refractivity contribution is -0.137. The molecule has 2 rings (SSSR count). The van der Waals surface area contributed by atoms with E-state index in [4.69, 9.17) is 17.3 Å². The number of carbonyl (C=O) groups excluding carboxylic acids is 1. The number of halogens is 1. The highest BCUT2D eigenvalue weighted by molar-refractivity contribution is 6.30. The van der Waals surface area contributed by atoms with E-state index in [-0.39, 0.29) is 17.9 Å². The van der Waals surface area contributed by atoms with Crippen LogP contribution in [-0.4, -0.2) is 24.4 Å². The van der Waals surface area contributed by atoms with Gasteiger partial charge in [-0.2, -0.15) is 0 Å². The fraction of sp³-hybridized carbons (Fsp3) is 0.588. The maximum absolute atomic E-state index is 12.7. The predicted octanol–water partition coefficient (Wildman–Crippen LogP) is 3.62. The van der Waals surface area contributed by atoms with Crippen LogP contribution in [-0.2, 0) is 4.79 Å². The molecule has 1 aromatic carbocycles. The van der Waals surface area contributed by atoms with Crippen molar-refractivity contribution in [1.82, 2.24) is 4.90 Å². The number of carbonyl (C=O) groups is 1. The first-order valence-electron chi connectivity index (χ1n) is 7.75. The zero-order chi connectivity index (χ0) is 15.4. The molecule has 1 atom stereocenters. The van der Waals surface area contributed by atoms with Crippen LogP contribution in [0.1, 0.15) is 44.2 Å². The number of benzene rings is 1. The molecule has 0 radical (unpaired) electrons. The second-order valence-electron chi connectivity index (χ2n) is 6.13. The Kier molecular flexibility index (Phi) is 5.65. The Hall–Kier alpha value is -1.06. The van der Waals surface area contributed by atoms with Crippen molar-refractivity contribution >= 4 is 17.5 Å². The molecule has 116 valence electrons. The minimum absolute atomic E-state index is 0.0448. The van der Waals surface area contributed by atoms with Gasteiger partial charge in [0.25, 0.3) is 0 Å². The second-order valence-corrected chi connectivity index (χ2v) is 6.57. The highest BCUT2D eigenvalue weighted by Gasteiger charge is 2.29. The molecule has 0 aliphatic heterocycles. The van der Waals surface area contributed by atoms with E-state index < -0.39 is 0 Å². The third kappa shape index (κ3) is 3.98. The monoisotopic (exact) mass is 308 g/mol. The average molecular weight is 309 g/mol. The molecule has 2 N–H and O–H groups in total. The highest BCUT2D eigenvalue weighted by atomic mass is 35.5. The van der Waals surface area contributed by atoms with Crippen molar-refractivity contribution in [3.05, 3.63) is 34.9 Å². The molecule has 1 aliphatic carbocycles. The van der Waals surface area contributed by atoms with Gasteiger partial charge in [-0.3, -0.25) is 4.79 Å². The molecule has 1 fully saturated rings. The average Bonchev–Trinajstić information content (AvgIpc) is 2.53. The first kappa shape index (κ1) is 16.3. The summed E-state index contributed by atoms with van der Waals surface area (Å²) in [6, 6.07) is 7.78. The Balaban J connectivity index is 1.99. The van der Waals surface area contributed by atoms with E-state index in [0.29, 0.717) is 10.9 Å². The molecule has 0 heterocycles. The standard InChI is InChI=1S/C17H25ClN2O/c1-12(15-4-3-5-16(18)10-15)20(2)17(21)14-8-6-13(11-19)7-9-14/h3-5,10,12-14H,6-9,11,19H2,1-2H3. The lowest BCUT2D eigenvalue weighted by Crippen LogP contribution is -2.37. The maximum Gasteiger partial charge on any atom is 0.225 e. The summed E-state index contributed by atoms with van der Waals surface area (Å²) in [5.41, 5.74) is 6.79. The molecule has 0 spiro atoms. The van der Waals surface area contributed by atoms with Crippen molar-refractivity contribution in [3.63, 3.8) is 0 Å². The number of rotatable bonds is 4. The third-order valence-electron chi connectivity index (χ3n) is 4.79. The maximum atomic E-state index is 12.7. The molecule has 0 bridgehead atoms. The minimum atomic E-state index is 0.0448. The minimum Gasteiger partial charge on any atom is -0.339 e. The van der Waals surface area contributed by atoms with Crippen molar-refractivity contribution in [3.8, 4) is 0 Å². The molecule has 21 heavy (non-hydrogen) atoms. The summed E-state index contributed by atoms with van der Waals surface area (Å²) in [7, 11) is 1.89. The SMILES string of the molecule is CC(c1cccc(Cl)c1)N(C)C(=O)C1CCC(CN)CC1. The Labute approximate surface area is 132 Å². The van der Waals surface area contributed by atoms with Gasteiger partial charge in [0, 0.05) is 18.0 Å². The Morgan fingerprint density at radius 2 is 2.05 bits per heavy atom. The van der Waals surface area contributed by atoms with Crippen molar-refractivity contribution in [2.45, 2.75) is 38.6 Å². The molecule has 1 aromatic rings. The van der Waals surface area contributed by atoms with Crippen molar-refractivity contribution in [2.75, 3.05) is 13.6 Å². The lowest BCUT2D eigenvalue weighted by atomic mass is 9.81. The van der Waals surface area contributed by atoms with Gasteiger partial charge in [0.2, 0.25) is 5.91 Å². The summed E-state index contributed by atoms with van der Waals surface area (Å²) in [6.07, 6.45) is 4.08. The van der Waals surface area contributed by atoms with E-state index in [1.165, 1.54) is 0 Å². The van der Waals surface area contributed by atoms with Gasteiger partial charge < -0.3 is 10.6 Å². The zero-order valence-electron chi connectivity index (χ0n) is 12.9. The topological polar surface area (TPSA) is 46.3 Å². The third-order valence-corrected chi connectivity index (χ3v) is 5.02. The Morgan fingerprint density at radius 3 is 2.62 bits per heavy atom. The van der Waals surface area contributed by atoms with Crippen LogP contribution in [0.3, 0.4) is 0 Å². The molecule has 0 saturated heterocycles. The summed E-state index contributed by atoms with van der Waals surface area (Å²) >= 11 is 6.04. The van der Waals surface area contributed by atoms with E-state index in [2.05, 4.69) is 6.92 Å².